The zero-order valence-electron chi connectivity index (χ0n) is 12.5. The summed E-state index contributed by atoms with van der Waals surface area (Å²) in [7, 11) is 0. The highest BCUT2D eigenvalue weighted by Crippen LogP contribution is 2.23. The molecule has 0 unspecified atom stereocenters. The third kappa shape index (κ3) is 4.98. The van der Waals surface area contributed by atoms with Crippen LogP contribution in [0.1, 0.15) is 30.1 Å². The SMILES string of the molecule is CCCC(=O)Nc1ccc(NC(=O)c2ccc(Cl)c(Cl)c2)cc1. The Balaban J connectivity index is 2.01. The van der Waals surface area contributed by atoms with Gasteiger partial charge in [0.2, 0.25) is 5.91 Å². The van der Waals surface area contributed by atoms with Crippen molar-refractivity contribution in [2.45, 2.75) is 19.8 Å². The van der Waals surface area contributed by atoms with Crippen LogP contribution >= 0.6 is 23.2 Å². The van der Waals surface area contributed by atoms with E-state index in [4.69, 9.17) is 23.2 Å². The average Bonchev–Trinajstić information content (AvgIpc) is 2.52. The van der Waals surface area contributed by atoms with Crippen LogP contribution in [0.4, 0.5) is 11.4 Å². The first-order chi connectivity index (χ1) is 11.0. The van der Waals surface area contributed by atoms with Gasteiger partial charge < -0.3 is 10.6 Å². The van der Waals surface area contributed by atoms with Crippen LogP contribution in [0.5, 0.6) is 0 Å². The molecule has 2 N–H and O–H groups in total. The van der Waals surface area contributed by atoms with E-state index in [-0.39, 0.29) is 11.8 Å². The molecule has 0 radical (unpaired) electrons. The smallest absolute Gasteiger partial charge is 0.255 e. The van der Waals surface area contributed by atoms with Crippen molar-refractivity contribution in [3.05, 3.63) is 58.1 Å². The Hall–Kier alpha value is -2.04. The van der Waals surface area contributed by atoms with Crippen molar-refractivity contribution in [3.63, 3.8) is 0 Å². The molecule has 0 heterocycles. The van der Waals surface area contributed by atoms with E-state index in [0.29, 0.717) is 33.4 Å². The largest absolute Gasteiger partial charge is 0.326 e. The van der Waals surface area contributed by atoms with Gasteiger partial charge >= 0.3 is 0 Å². The zero-order chi connectivity index (χ0) is 16.8. The summed E-state index contributed by atoms with van der Waals surface area (Å²) in [6.45, 7) is 1.95. The molecule has 0 spiro atoms. The van der Waals surface area contributed by atoms with E-state index in [1.165, 1.54) is 6.07 Å². The highest BCUT2D eigenvalue weighted by Gasteiger charge is 2.08. The van der Waals surface area contributed by atoms with Crippen molar-refractivity contribution in [1.29, 1.82) is 0 Å². The first-order valence-electron chi connectivity index (χ1n) is 7.16. The molecule has 0 saturated heterocycles. The van der Waals surface area contributed by atoms with E-state index in [1.54, 1.807) is 36.4 Å². The van der Waals surface area contributed by atoms with Gasteiger partial charge in [0.25, 0.3) is 5.91 Å². The molecule has 2 rings (SSSR count). The number of benzene rings is 2. The fraction of sp³-hybridized carbons (Fsp3) is 0.176. The van der Waals surface area contributed by atoms with Crippen molar-refractivity contribution in [1.82, 2.24) is 0 Å². The molecule has 0 fully saturated rings. The summed E-state index contributed by atoms with van der Waals surface area (Å²) in [6.07, 6.45) is 1.28. The maximum Gasteiger partial charge on any atom is 0.255 e. The molecule has 4 nitrogen and oxygen atoms in total. The topological polar surface area (TPSA) is 58.2 Å². The molecule has 0 aromatic heterocycles. The van der Waals surface area contributed by atoms with E-state index in [9.17, 15) is 9.59 Å². The quantitative estimate of drug-likeness (QED) is 0.798. The molecular weight excluding hydrogens is 335 g/mol. The van der Waals surface area contributed by atoms with Crippen LogP contribution in [0.15, 0.2) is 42.5 Å². The Bertz CT molecular complexity index is 715. The third-order valence-electron chi connectivity index (χ3n) is 3.09. The second-order valence-electron chi connectivity index (χ2n) is 4.96. The van der Waals surface area contributed by atoms with Crippen LogP contribution in [0.2, 0.25) is 10.0 Å². The Morgan fingerprint density at radius 2 is 1.52 bits per heavy atom. The molecule has 0 aliphatic carbocycles. The predicted octanol–water partition coefficient (Wildman–Crippen LogP) is 4.98. The zero-order valence-corrected chi connectivity index (χ0v) is 14.0. The van der Waals surface area contributed by atoms with Gasteiger partial charge in [-0.1, -0.05) is 30.1 Å². The van der Waals surface area contributed by atoms with E-state index in [1.807, 2.05) is 6.92 Å². The van der Waals surface area contributed by atoms with Crippen LogP contribution in [0, 0.1) is 0 Å². The van der Waals surface area contributed by atoms with E-state index < -0.39 is 0 Å². The van der Waals surface area contributed by atoms with Gasteiger partial charge in [0.15, 0.2) is 0 Å². The van der Waals surface area contributed by atoms with Crippen LogP contribution in [0.25, 0.3) is 0 Å². The molecular formula is C17H16Cl2N2O2. The summed E-state index contributed by atoms with van der Waals surface area (Å²) >= 11 is 11.7. The lowest BCUT2D eigenvalue weighted by molar-refractivity contribution is -0.116. The summed E-state index contributed by atoms with van der Waals surface area (Å²) in [4.78, 5) is 23.7. The second-order valence-corrected chi connectivity index (χ2v) is 5.77. The lowest BCUT2D eigenvalue weighted by atomic mass is 10.2. The Morgan fingerprint density at radius 1 is 0.913 bits per heavy atom. The Morgan fingerprint density at radius 3 is 2.09 bits per heavy atom. The number of carbonyl (C=O) groups is 2. The molecule has 0 aliphatic heterocycles. The van der Waals surface area contributed by atoms with Crippen LogP contribution in [-0.4, -0.2) is 11.8 Å². The number of rotatable bonds is 5. The molecule has 2 aromatic rings. The van der Waals surface area contributed by atoms with Crippen LogP contribution in [0.3, 0.4) is 0 Å². The fourth-order valence-corrected chi connectivity index (χ4v) is 2.23. The summed E-state index contributed by atoms with van der Waals surface area (Å²) in [5.41, 5.74) is 1.73. The Labute approximate surface area is 144 Å². The van der Waals surface area contributed by atoms with Gasteiger partial charge in [-0.3, -0.25) is 9.59 Å². The molecule has 0 bridgehead atoms. The first-order valence-corrected chi connectivity index (χ1v) is 7.91. The van der Waals surface area contributed by atoms with Crippen LogP contribution < -0.4 is 10.6 Å². The molecule has 120 valence electrons. The van der Waals surface area contributed by atoms with Crippen molar-refractivity contribution >= 4 is 46.4 Å². The maximum atomic E-state index is 12.1. The standard InChI is InChI=1S/C17H16Cl2N2O2/c1-2-3-16(22)20-12-5-7-13(8-6-12)21-17(23)11-4-9-14(18)15(19)10-11/h4-10H,2-3H2,1H3,(H,20,22)(H,21,23). The second kappa shape index (κ2) is 7.99. The number of hydrogen-bond donors (Lipinski definition) is 2. The lowest BCUT2D eigenvalue weighted by Crippen LogP contribution is -2.12. The third-order valence-corrected chi connectivity index (χ3v) is 3.82. The predicted molar refractivity (Wildman–Crippen MR) is 94.4 cm³/mol. The van der Waals surface area contributed by atoms with Gasteiger partial charge in [-0.2, -0.15) is 0 Å². The van der Waals surface area contributed by atoms with Gasteiger partial charge in [-0.05, 0) is 48.9 Å². The molecule has 23 heavy (non-hydrogen) atoms. The minimum Gasteiger partial charge on any atom is -0.326 e. The highest BCUT2D eigenvalue weighted by atomic mass is 35.5. The average molecular weight is 351 g/mol. The monoisotopic (exact) mass is 350 g/mol. The number of amides is 2. The van der Waals surface area contributed by atoms with E-state index >= 15 is 0 Å². The summed E-state index contributed by atoms with van der Waals surface area (Å²) in [5, 5.41) is 6.27. The van der Waals surface area contributed by atoms with Gasteiger partial charge in [0.05, 0.1) is 10.0 Å². The number of carbonyl (C=O) groups excluding carboxylic acids is 2. The lowest BCUT2D eigenvalue weighted by Gasteiger charge is -2.08. The number of halogens is 2. The van der Waals surface area contributed by atoms with Crippen LogP contribution in [-0.2, 0) is 4.79 Å². The number of anilines is 2. The van der Waals surface area contributed by atoms with Gasteiger partial charge in [-0.25, -0.2) is 0 Å². The molecule has 6 heteroatoms. The molecule has 0 aliphatic rings. The Kier molecular flexibility index (Phi) is 6.02. The molecule has 2 amide bonds. The van der Waals surface area contributed by atoms with Gasteiger partial charge in [0.1, 0.15) is 0 Å². The van der Waals surface area contributed by atoms with E-state index in [0.717, 1.165) is 6.42 Å². The number of nitrogens with one attached hydrogen (secondary N) is 2. The summed E-state index contributed by atoms with van der Waals surface area (Å²) in [6, 6.07) is 11.6. The van der Waals surface area contributed by atoms with Crippen molar-refractivity contribution in [2.24, 2.45) is 0 Å². The molecule has 0 atom stereocenters. The minimum absolute atomic E-state index is 0.0277. The molecule has 0 saturated carbocycles. The van der Waals surface area contributed by atoms with E-state index in [2.05, 4.69) is 10.6 Å². The summed E-state index contributed by atoms with van der Waals surface area (Å²) < 4.78 is 0. The fourth-order valence-electron chi connectivity index (χ4n) is 1.93. The van der Waals surface area contributed by atoms with Crippen molar-refractivity contribution in [3.8, 4) is 0 Å². The first kappa shape index (κ1) is 17.3. The van der Waals surface area contributed by atoms with Gasteiger partial charge in [0, 0.05) is 23.4 Å². The molecule has 2 aromatic carbocycles. The van der Waals surface area contributed by atoms with Crippen molar-refractivity contribution < 1.29 is 9.59 Å². The number of hydrogen-bond acceptors (Lipinski definition) is 2. The normalized spacial score (nSPS) is 10.2. The van der Waals surface area contributed by atoms with Crippen molar-refractivity contribution in [2.75, 3.05) is 10.6 Å². The maximum absolute atomic E-state index is 12.1. The minimum atomic E-state index is -0.286. The summed E-state index contributed by atoms with van der Waals surface area (Å²) in [5.74, 6) is -0.313. The van der Waals surface area contributed by atoms with Gasteiger partial charge in [-0.15, -0.1) is 0 Å². The highest BCUT2D eigenvalue weighted by molar-refractivity contribution is 6.42.